The molecule has 3 heterocycles. The van der Waals surface area contributed by atoms with Crippen molar-refractivity contribution >= 4 is 38.6 Å². The zero-order chi connectivity index (χ0) is 20.7. The Balaban J connectivity index is 1.26. The van der Waals surface area contributed by atoms with Crippen molar-refractivity contribution in [3.8, 4) is 11.4 Å². The number of aryl methyl sites for hydroxylation is 1. The van der Waals surface area contributed by atoms with Crippen molar-refractivity contribution in [2.45, 2.75) is 32.4 Å². The first kappa shape index (κ1) is 19.7. The third-order valence-electron chi connectivity index (χ3n) is 5.61. The molecule has 2 aromatic carbocycles. The lowest BCUT2D eigenvalue weighted by atomic mass is 9.97. The molecule has 2 aromatic heterocycles. The molecule has 6 nitrogen and oxygen atoms in total. The molecule has 0 aliphatic carbocycles. The van der Waals surface area contributed by atoms with Crippen LogP contribution in [-0.2, 0) is 6.67 Å². The number of nitrogens with zero attached hydrogens (tertiary/aromatic N) is 5. The van der Waals surface area contributed by atoms with E-state index in [9.17, 15) is 0 Å². The first-order valence-electron chi connectivity index (χ1n) is 10.0. The minimum absolute atomic E-state index is 0.364. The van der Waals surface area contributed by atoms with Gasteiger partial charge in [-0.15, -0.1) is 5.10 Å². The van der Waals surface area contributed by atoms with Crippen LogP contribution < -0.4 is 0 Å². The van der Waals surface area contributed by atoms with Gasteiger partial charge in [0.15, 0.2) is 17.3 Å². The molecule has 0 saturated carbocycles. The van der Waals surface area contributed by atoms with Gasteiger partial charge in [-0.1, -0.05) is 39.7 Å². The van der Waals surface area contributed by atoms with E-state index in [4.69, 9.17) is 21.1 Å². The minimum atomic E-state index is 0.364. The van der Waals surface area contributed by atoms with Gasteiger partial charge in [-0.25, -0.2) is 14.6 Å². The summed E-state index contributed by atoms with van der Waals surface area (Å²) in [6, 6.07) is 13.7. The van der Waals surface area contributed by atoms with Crippen molar-refractivity contribution in [3.05, 3.63) is 63.7 Å². The van der Waals surface area contributed by atoms with E-state index in [0.29, 0.717) is 23.4 Å². The second kappa shape index (κ2) is 8.13. The van der Waals surface area contributed by atoms with E-state index in [1.54, 1.807) is 0 Å². The van der Waals surface area contributed by atoms with Crippen LogP contribution in [0.2, 0.25) is 5.02 Å². The summed E-state index contributed by atoms with van der Waals surface area (Å²) in [5.41, 5.74) is 2.65. The lowest BCUT2D eigenvalue weighted by molar-refractivity contribution is 0.153. The molecule has 0 unspecified atom stereocenters. The van der Waals surface area contributed by atoms with Gasteiger partial charge < -0.3 is 4.42 Å². The van der Waals surface area contributed by atoms with Gasteiger partial charge in [-0.2, -0.15) is 0 Å². The van der Waals surface area contributed by atoms with Gasteiger partial charge in [0, 0.05) is 29.0 Å². The van der Waals surface area contributed by atoms with Crippen LogP contribution in [0.1, 0.15) is 30.5 Å². The van der Waals surface area contributed by atoms with E-state index in [0.717, 1.165) is 58.8 Å². The van der Waals surface area contributed by atoms with Gasteiger partial charge >= 0.3 is 0 Å². The molecule has 1 saturated heterocycles. The highest BCUT2D eigenvalue weighted by atomic mass is 79.9. The fourth-order valence-corrected chi connectivity index (χ4v) is 4.67. The number of benzene rings is 2. The Labute approximate surface area is 188 Å². The number of piperidine rings is 1. The Bertz CT molecular complexity index is 1160. The largest absolute Gasteiger partial charge is 0.440 e. The first-order chi connectivity index (χ1) is 14.6. The normalized spacial score (nSPS) is 15.8. The molecule has 0 amide bonds. The van der Waals surface area contributed by atoms with E-state index < -0.39 is 0 Å². The summed E-state index contributed by atoms with van der Waals surface area (Å²) in [7, 11) is 0. The van der Waals surface area contributed by atoms with Crippen LogP contribution in [0.25, 0.3) is 22.5 Å². The molecule has 8 heteroatoms. The number of hydrogen-bond donors (Lipinski definition) is 0. The standard InChI is InChI=1S/C22H21BrClN5O/c1-14-25-21(17-7-6-16(23)12-18(17)24)27-29(14)13-28-10-8-15(9-11-28)22-26-19-4-2-3-5-20(19)30-22/h2-7,12,15H,8-11,13H2,1H3. The van der Waals surface area contributed by atoms with Gasteiger partial charge in [0.05, 0.1) is 11.7 Å². The van der Waals surface area contributed by atoms with Crippen molar-refractivity contribution in [2.24, 2.45) is 0 Å². The highest BCUT2D eigenvalue weighted by molar-refractivity contribution is 9.10. The molecule has 30 heavy (non-hydrogen) atoms. The molecule has 1 aliphatic rings. The van der Waals surface area contributed by atoms with E-state index in [1.807, 2.05) is 54.1 Å². The molecule has 0 spiro atoms. The van der Waals surface area contributed by atoms with Crippen molar-refractivity contribution in [1.29, 1.82) is 0 Å². The Hall–Kier alpha value is -2.22. The quantitative estimate of drug-likeness (QED) is 0.373. The van der Waals surface area contributed by atoms with E-state index >= 15 is 0 Å². The minimum Gasteiger partial charge on any atom is -0.440 e. The molecule has 1 fully saturated rings. The van der Waals surface area contributed by atoms with Gasteiger partial charge in [-0.05, 0) is 50.1 Å². The van der Waals surface area contributed by atoms with Crippen LogP contribution >= 0.6 is 27.5 Å². The summed E-state index contributed by atoms with van der Waals surface area (Å²) in [6.07, 6.45) is 2.04. The number of para-hydroxylation sites is 2. The summed E-state index contributed by atoms with van der Waals surface area (Å²) in [5.74, 6) is 2.76. The molecule has 4 aromatic rings. The predicted molar refractivity (Wildman–Crippen MR) is 120 cm³/mol. The number of fused-ring (bicyclic) bond motifs is 1. The van der Waals surface area contributed by atoms with Gasteiger partial charge in [0.2, 0.25) is 0 Å². The number of rotatable bonds is 4. The Morgan fingerprint density at radius 1 is 1.13 bits per heavy atom. The van der Waals surface area contributed by atoms with E-state index in [1.165, 1.54) is 0 Å². The van der Waals surface area contributed by atoms with Crippen molar-refractivity contribution in [2.75, 3.05) is 13.1 Å². The lowest BCUT2D eigenvalue weighted by Crippen LogP contribution is -2.35. The molecule has 1 aliphatic heterocycles. The molecular weight excluding hydrogens is 466 g/mol. The molecule has 5 rings (SSSR count). The maximum atomic E-state index is 6.38. The predicted octanol–water partition coefficient (Wildman–Crippen LogP) is 5.65. The topological polar surface area (TPSA) is 60.0 Å². The average Bonchev–Trinajstić information content (AvgIpc) is 3.32. The van der Waals surface area contributed by atoms with Crippen LogP contribution in [0.4, 0.5) is 0 Å². The zero-order valence-corrected chi connectivity index (χ0v) is 18.9. The second-order valence-electron chi connectivity index (χ2n) is 7.66. The van der Waals surface area contributed by atoms with Gasteiger partial charge in [0.25, 0.3) is 0 Å². The van der Waals surface area contributed by atoms with E-state index in [2.05, 4.69) is 30.8 Å². The van der Waals surface area contributed by atoms with Crippen LogP contribution in [0.15, 0.2) is 51.4 Å². The molecule has 0 bridgehead atoms. The number of hydrogen-bond acceptors (Lipinski definition) is 5. The fraction of sp³-hybridized carbons (Fsp3) is 0.318. The maximum Gasteiger partial charge on any atom is 0.198 e. The number of oxazole rings is 1. The monoisotopic (exact) mass is 485 g/mol. The van der Waals surface area contributed by atoms with Crippen molar-refractivity contribution in [3.63, 3.8) is 0 Å². The Morgan fingerprint density at radius 3 is 2.70 bits per heavy atom. The number of halogens is 2. The van der Waals surface area contributed by atoms with Gasteiger partial charge in [-0.3, -0.25) is 4.90 Å². The zero-order valence-electron chi connectivity index (χ0n) is 16.6. The van der Waals surface area contributed by atoms with E-state index in [-0.39, 0.29) is 0 Å². The lowest BCUT2D eigenvalue weighted by Gasteiger charge is -2.30. The second-order valence-corrected chi connectivity index (χ2v) is 8.98. The van der Waals surface area contributed by atoms with Crippen LogP contribution in [0, 0.1) is 6.92 Å². The number of likely N-dealkylation sites (tertiary alicyclic amines) is 1. The molecule has 0 radical (unpaired) electrons. The molecule has 0 atom stereocenters. The summed E-state index contributed by atoms with van der Waals surface area (Å²) in [6.45, 7) is 4.63. The SMILES string of the molecule is Cc1nc(-c2ccc(Br)cc2Cl)nn1CN1CCC(c2nc3ccccc3o2)CC1. The summed E-state index contributed by atoms with van der Waals surface area (Å²) >= 11 is 9.81. The maximum absolute atomic E-state index is 6.38. The average molecular weight is 487 g/mol. The van der Waals surface area contributed by atoms with Crippen molar-refractivity contribution in [1.82, 2.24) is 24.6 Å². The first-order valence-corrected chi connectivity index (χ1v) is 11.2. The van der Waals surface area contributed by atoms with Crippen molar-refractivity contribution < 1.29 is 4.42 Å². The van der Waals surface area contributed by atoms with Crippen LogP contribution in [0.5, 0.6) is 0 Å². The third kappa shape index (κ3) is 3.89. The highest BCUT2D eigenvalue weighted by Gasteiger charge is 2.25. The Kier molecular flexibility index (Phi) is 5.35. The summed E-state index contributed by atoms with van der Waals surface area (Å²) in [5, 5.41) is 5.34. The van der Waals surface area contributed by atoms with Crippen LogP contribution in [0.3, 0.4) is 0 Å². The smallest absolute Gasteiger partial charge is 0.198 e. The summed E-state index contributed by atoms with van der Waals surface area (Å²) < 4.78 is 8.87. The van der Waals surface area contributed by atoms with Gasteiger partial charge in [0.1, 0.15) is 11.3 Å². The fourth-order valence-electron chi connectivity index (χ4n) is 3.91. The molecule has 154 valence electrons. The third-order valence-corrected chi connectivity index (χ3v) is 6.42. The Morgan fingerprint density at radius 2 is 1.93 bits per heavy atom. The summed E-state index contributed by atoms with van der Waals surface area (Å²) in [4.78, 5) is 11.7. The molecule has 0 N–H and O–H groups in total. The van der Waals surface area contributed by atoms with Crippen LogP contribution in [-0.4, -0.2) is 37.7 Å². The highest BCUT2D eigenvalue weighted by Crippen LogP contribution is 2.31. The number of aromatic nitrogens is 4. The molecular formula is C22H21BrClN5O.